The highest BCUT2D eigenvalue weighted by molar-refractivity contribution is 7.99. The molecular weight excluding hydrogens is 1940 g/mol. The fraction of sp³-hybridized carbons (Fsp3) is 0.121. The lowest BCUT2D eigenvalue weighted by Crippen LogP contribution is -2.14. The van der Waals surface area contributed by atoms with Crippen LogP contribution in [0, 0.1) is 76.8 Å². The van der Waals surface area contributed by atoms with Crippen LogP contribution in [0.3, 0.4) is 0 Å². The normalized spacial score (nSPS) is 11.1. The van der Waals surface area contributed by atoms with Gasteiger partial charge in [-0.1, -0.05) is 210 Å². The van der Waals surface area contributed by atoms with Gasteiger partial charge in [-0.2, -0.15) is 73.7 Å². The molecule has 0 aliphatic heterocycles. The van der Waals surface area contributed by atoms with Gasteiger partial charge in [0.15, 0.2) is 20.6 Å². The van der Waals surface area contributed by atoms with Gasteiger partial charge in [0.25, 0.3) is 22.2 Å². The summed E-state index contributed by atoms with van der Waals surface area (Å²) >= 11 is 4.60. The highest BCUT2D eigenvalue weighted by Gasteiger charge is 2.34. The predicted molar refractivity (Wildman–Crippen MR) is 518 cm³/mol. The standard InChI is InChI=1S/2C27H20F3N3O2S.C27H16F3N3OS.C26H17F4N3O2S/c2*1-17-2-4-18(5-3-17)15-35-22-12-8-20(9-13-22)24-23(14-31)25(34)33-26(32-24)36-16-19-6-10-21(11-7-19)27(28,29)30;28-27(29,30)22-14-10-20(11-15-22)17-35-26-32-24(23(16-31)25(34)33-26)21-12-8-19(9-13-21)7-6-18-4-2-1-3-5-18;27-20-9-3-16(4-10-20)14-35-21-11-5-18(6-12-21)23-22(13-31)24(34)33-25(32-23)36-15-17-1-7-19(8-2-17)26(28,29)30/h2*2-13H,15-16H2,1H3,(H,32,33,34);1-5,8-15H,17H2,(H,32,33,34);1-12H,14-15H2,(H,32,33,34). The van der Waals surface area contributed by atoms with E-state index in [-0.39, 0.29) is 95.3 Å². The third-order valence-electron chi connectivity index (χ3n) is 20.7. The number of aryl methyl sites for hydroxylation is 2. The molecule has 0 unspecified atom stereocenters. The molecule has 19 nitrogen and oxygen atoms in total. The van der Waals surface area contributed by atoms with Crippen LogP contribution >= 0.6 is 47.0 Å². The average molecular weight is 2010 g/mol. The van der Waals surface area contributed by atoms with E-state index in [1.807, 2.05) is 117 Å². The highest BCUT2D eigenvalue weighted by Crippen LogP contribution is 2.38. The molecule has 12 aromatic carbocycles. The van der Waals surface area contributed by atoms with Gasteiger partial charge in [0, 0.05) is 56.4 Å². The zero-order valence-electron chi connectivity index (χ0n) is 74.7. The highest BCUT2D eigenvalue weighted by atomic mass is 32.2. The van der Waals surface area contributed by atoms with Crippen LogP contribution in [0.1, 0.15) is 106 Å². The molecule has 0 spiro atoms. The number of thioether (sulfide) groups is 4. The van der Waals surface area contributed by atoms with E-state index in [0.717, 1.165) is 123 Å². The van der Waals surface area contributed by atoms with E-state index in [1.165, 1.54) is 71.8 Å². The predicted octanol–water partition coefficient (Wildman–Crippen LogP) is 25.4. The molecule has 0 aliphatic carbocycles. The van der Waals surface area contributed by atoms with Crippen LogP contribution in [0.2, 0.25) is 0 Å². The SMILES string of the molecule is Cc1ccc(COc2ccc(-c3nc(SCc4ccc(C(F)(F)F)cc4)[nH]c(=O)c3C#N)cc2)cc1.Cc1ccc(COc2ccc(-c3nc(SCc4ccc(C(F)(F)F)cc4)[nH]c(=O)c3C#N)cc2)cc1.N#Cc1c(-c2ccc(C#Cc3ccccc3)cc2)nc(SCc2ccc(C(F)(F)F)cc2)[nH]c1=O.N#Cc1c(-c2ccc(OCc3ccc(F)cc3)cc2)nc(SCc2ccc(C(F)(F)F)cc2)[nH]c1=O. The molecule has 143 heavy (non-hydrogen) atoms. The van der Waals surface area contributed by atoms with Crippen LogP contribution < -0.4 is 36.4 Å². The van der Waals surface area contributed by atoms with E-state index in [2.05, 4.69) is 51.7 Å². The van der Waals surface area contributed by atoms with Gasteiger partial charge >= 0.3 is 24.7 Å². The summed E-state index contributed by atoms with van der Waals surface area (Å²) < 4.78 is 183. The minimum atomic E-state index is -4.41. The largest absolute Gasteiger partial charge is 0.489 e. The number of nitriles is 4. The van der Waals surface area contributed by atoms with E-state index >= 15 is 0 Å². The van der Waals surface area contributed by atoms with Gasteiger partial charge in [0.05, 0.1) is 45.0 Å². The summed E-state index contributed by atoms with van der Waals surface area (Å²) in [6, 6.07) is 85.6. The molecule has 16 rings (SSSR count). The van der Waals surface area contributed by atoms with Crippen molar-refractivity contribution in [1.82, 2.24) is 39.9 Å². The van der Waals surface area contributed by atoms with Crippen LogP contribution in [-0.4, -0.2) is 39.9 Å². The van der Waals surface area contributed by atoms with Crippen LogP contribution in [0.4, 0.5) is 57.1 Å². The van der Waals surface area contributed by atoms with Crippen molar-refractivity contribution >= 4 is 47.0 Å². The topological polar surface area (TPSA) is 306 Å². The number of aromatic nitrogens is 8. The molecule has 0 atom stereocenters. The lowest BCUT2D eigenvalue weighted by Gasteiger charge is -2.10. The number of halogens is 13. The Bertz CT molecular complexity index is 7110. The first-order chi connectivity index (χ1) is 68.5. The Morgan fingerprint density at radius 1 is 0.280 bits per heavy atom. The van der Waals surface area contributed by atoms with Crippen molar-refractivity contribution < 1.29 is 71.3 Å². The van der Waals surface area contributed by atoms with Crippen molar-refractivity contribution in [2.75, 3.05) is 0 Å². The van der Waals surface area contributed by atoms with Crippen molar-refractivity contribution in [2.45, 2.75) is 102 Å². The average Bonchev–Trinajstić information content (AvgIpc) is 0.810. The van der Waals surface area contributed by atoms with Gasteiger partial charge in [0.1, 0.15) is 89.4 Å². The maximum Gasteiger partial charge on any atom is 0.416 e. The molecule has 0 fully saturated rings. The molecule has 16 aromatic rings. The van der Waals surface area contributed by atoms with Gasteiger partial charge < -0.3 is 34.1 Å². The molecule has 4 aromatic heterocycles. The quantitative estimate of drug-likeness (QED) is 0.0179. The molecule has 718 valence electrons. The van der Waals surface area contributed by atoms with Gasteiger partial charge in [-0.3, -0.25) is 19.2 Å². The van der Waals surface area contributed by atoms with E-state index in [9.17, 15) is 97.3 Å². The number of nitrogens with zero attached hydrogens (tertiary/aromatic N) is 8. The maximum absolute atomic E-state index is 13.0. The number of benzene rings is 12. The third kappa shape index (κ3) is 29.8. The third-order valence-corrected chi connectivity index (χ3v) is 24.5. The lowest BCUT2D eigenvalue weighted by molar-refractivity contribution is -0.138. The molecule has 0 saturated heterocycles. The Labute approximate surface area is 824 Å². The van der Waals surface area contributed by atoms with E-state index < -0.39 is 69.2 Å². The van der Waals surface area contributed by atoms with Gasteiger partial charge in [-0.15, -0.1) is 0 Å². The van der Waals surface area contributed by atoms with Crippen molar-refractivity contribution in [2.24, 2.45) is 0 Å². The minimum Gasteiger partial charge on any atom is -0.489 e. The Kier molecular flexibility index (Phi) is 34.9. The number of hydrogen-bond donors (Lipinski definition) is 4. The smallest absolute Gasteiger partial charge is 0.416 e. The van der Waals surface area contributed by atoms with Crippen LogP contribution in [0.5, 0.6) is 17.2 Å². The Morgan fingerprint density at radius 3 is 0.727 bits per heavy atom. The van der Waals surface area contributed by atoms with Gasteiger partial charge in [-0.05, 0) is 211 Å². The first kappa shape index (κ1) is 104. The van der Waals surface area contributed by atoms with Crippen LogP contribution in [0.25, 0.3) is 45.0 Å². The van der Waals surface area contributed by atoms with Crippen molar-refractivity contribution in [3.63, 3.8) is 0 Å². The molecule has 0 radical (unpaired) electrons. The second-order valence-electron chi connectivity index (χ2n) is 31.0. The Morgan fingerprint density at radius 2 is 0.497 bits per heavy atom. The van der Waals surface area contributed by atoms with Crippen molar-refractivity contribution in [3.8, 4) is 98.4 Å². The molecule has 4 heterocycles. The zero-order valence-corrected chi connectivity index (χ0v) is 78.0. The Hall–Kier alpha value is -16.4. The summed E-state index contributed by atoms with van der Waals surface area (Å²) in [6.45, 7) is 5.06. The van der Waals surface area contributed by atoms with Crippen LogP contribution in [0.15, 0.2) is 337 Å². The summed E-state index contributed by atoms with van der Waals surface area (Å²) in [6.07, 6.45) is -17.6. The zero-order chi connectivity index (χ0) is 102. The van der Waals surface area contributed by atoms with E-state index in [4.69, 9.17) is 14.2 Å². The molecule has 0 aliphatic rings. The number of ether oxygens (including phenoxy) is 3. The monoisotopic (exact) mass is 2010 g/mol. The molecule has 4 N–H and O–H groups in total. The van der Waals surface area contributed by atoms with E-state index in [1.54, 1.807) is 109 Å². The second kappa shape index (κ2) is 48.0. The number of hydrogen-bond acceptors (Lipinski definition) is 19. The Balaban J connectivity index is 0.000000160. The maximum atomic E-state index is 13.0. The first-order valence-electron chi connectivity index (χ1n) is 42.6. The lowest BCUT2D eigenvalue weighted by atomic mass is 10.1. The number of rotatable bonds is 25. The minimum absolute atomic E-state index is 0.119. The summed E-state index contributed by atoms with van der Waals surface area (Å²) in [5.74, 6) is 8.71. The van der Waals surface area contributed by atoms with Gasteiger partial charge in [-0.25, -0.2) is 24.3 Å². The number of H-pyrrole nitrogens is 4. The van der Waals surface area contributed by atoms with Crippen molar-refractivity contribution in [1.29, 1.82) is 21.0 Å². The molecular formula is C107H73F13N12O7S4. The fourth-order valence-electron chi connectivity index (χ4n) is 13.1. The fourth-order valence-corrected chi connectivity index (χ4v) is 16.3. The summed E-state index contributed by atoms with van der Waals surface area (Å²) in [5.41, 5.74) is 6.62. The molecule has 0 saturated carbocycles. The van der Waals surface area contributed by atoms with Crippen molar-refractivity contribution in [3.05, 3.63) is 450 Å². The van der Waals surface area contributed by atoms with Crippen LogP contribution in [-0.2, 0) is 67.5 Å². The number of alkyl halides is 12. The summed E-state index contributed by atoms with van der Waals surface area (Å²) in [4.78, 5) is 77.9. The summed E-state index contributed by atoms with van der Waals surface area (Å²) in [7, 11) is 0. The number of aromatic amines is 4. The number of nitrogens with one attached hydrogen (secondary N) is 4. The molecule has 0 bridgehead atoms. The molecule has 0 amide bonds. The summed E-state index contributed by atoms with van der Waals surface area (Å²) in [5, 5.41) is 39.0. The van der Waals surface area contributed by atoms with E-state index in [0.29, 0.717) is 80.7 Å². The first-order valence-corrected chi connectivity index (χ1v) is 46.5. The molecule has 36 heteroatoms. The second-order valence-corrected chi connectivity index (χ2v) is 34.8. The van der Waals surface area contributed by atoms with Gasteiger partial charge in [0.2, 0.25) is 0 Å².